The lowest BCUT2D eigenvalue weighted by Crippen LogP contribution is -2.13. The molecule has 0 saturated carbocycles. The third-order valence-corrected chi connectivity index (χ3v) is 2.06. The van der Waals surface area contributed by atoms with E-state index in [1.165, 1.54) is 0 Å². The van der Waals surface area contributed by atoms with E-state index >= 15 is 0 Å². The fraction of sp³-hybridized carbons (Fsp3) is 0.300. The summed E-state index contributed by atoms with van der Waals surface area (Å²) in [6, 6.07) is 3.63. The summed E-state index contributed by atoms with van der Waals surface area (Å²) in [5.74, 6) is 0.460. The molecule has 86 valence electrons. The molecular weight excluding hydrogens is 218 g/mol. The van der Waals surface area contributed by atoms with Gasteiger partial charge in [-0.2, -0.15) is 5.26 Å². The van der Waals surface area contributed by atoms with Crippen molar-refractivity contribution in [3.63, 3.8) is 0 Å². The Morgan fingerprint density at radius 3 is 3.06 bits per heavy atom. The molecule has 0 aliphatic carbocycles. The Morgan fingerprint density at radius 2 is 2.35 bits per heavy atom. The summed E-state index contributed by atoms with van der Waals surface area (Å²) in [7, 11) is 0. The lowest BCUT2D eigenvalue weighted by Gasteiger charge is -2.05. The number of nitrogens with zero attached hydrogens (tertiary/aromatic N) is 6. The Labute approximate surface area is 98.1 Å². The Morgan fingerprint density at radius 1 is 1.47 bits per heavy atom. The van der Waals surface area contributed by atoms with E-state index in [9.17, 15) is 0 Å². The van der Waals surface area contributed by atoms with Crippen molar-refractivity contribution in [2.75, 3.05) is 11.9 Å². The number of anilines is 1. The van der Waals surface area contributed by atoms with Crippen LogP contribution >= 0.6 is 0 Å². The van der Waals surface area contributed by atoms with E-state index in [1.54, 1.807) is 23.1 Å². The fourth-order valence-corrected chi connectivity index (χ4v) is 1.34. The lowest BCUT2D eigenvalue weighted by molar-refractivity contribution is 0.607. The highest BCUT2D eigenvalue weighted by Crippen LogP contribution is 2.03. The van der Waals surface area contributed by atoms with Gasteiger partial charge in [0.2, 0.25) is 5.95 Å². The van der Waals surface area contributed by atoms with Crippen LogP contribution in [0.4, 0.5) is 5.95 Å². The van der Waals surface area contributed by atoms with Gasteiger partial charge in [-0.25, -0.2) is 9.97 Å². The van der Waals surface area contributed by atoms with E-state index < -0.39 is 0 Å². The normalized spacial score (nSPS) is 9.88. The highest BCUT2D eigenvalue weighted by molar-refractivity contribution is 5.32. The highest BCUT2D eigenvalue weighted by atomic mass is 15.4. The van der Waals surface area contributed by atoms with E-state index in [0.29, 0.717) is 24.7 Å². The Bertz CT molecular complexity index is 526. The molecule has 0 radical (unpaired) electrons. The van der Waals surface area contributed by atoms with Crippen LogP contribution in [0.5, 0.6) is 0 Å². The number of nitriles is 1. The molecule has 0 atom stereocenters. The van der Waals surface area contributed by atoms with Crippen molar-refractivity contribution < 1.29 is 0 Å². The van der Waals surface area contributed by atoms with Gasteiger partial charge in [0, 0.05) is 18.4 Å². The molecule has 0 amide bonds. The zero-order valence-corrected chi connectivity index (χ0v) is 9.33. The van der Waals surface area contributed by atoms with Gasteiger partial charge >= 0.3 is 0 Å². The van der Waals surface area contributed by atoms with Crippen LogP contribution in [0.2, 0.25) is 0 Å². The quantitative estimate of drug-likeness (QED) is 0.813. The Balaban J connectivity index is 1.95. The number of hydrogen-bond donors (Lipinski definition) is 1. The van der Waals surface area contributed by atoms with Gasteiger partial charge in [-0.15, -0.1) is 5.10 Å². The van der Waals surface area contributed by atoms with Crippen molar-refractivity contribution >= 4 is 5.95 Å². The van der Waals surface area contributed by atoms with E-state index in [-0.39, 0.29) is 0 Å². The number of rotatable bonds is 4. The lowest BCUT2D eigenvalue weighted by atomic mass is 10.3. The molecule has 0 spiro atoms. The largest absolute Gasteiger partial charge is 0.352 e. The minimum atomic E-state index is 0.362. The second kappa shape index (κ2) is 5.03. The van der Waals surface area contributed by atoms with E-state index in [4.69, 9.17) is 5.26 Å². The molecule has 2 heterocycles. The fourth-order valence-electron chi connectivity index (χ4n) is 1.34. The summed E-state index contributed by atoms with van der Waals surface area (Å²) in [6.07, 6.45) is 3.40. The van der Waals surface area contributed by atoms with Crippen LogP contribution in [0, 0.1) is 18.3 Å². The molecule has 0 aromatic carbocycles. The van der Waals surface area contributed by atoms with Crippen LogP contribution in [0.25, 0.3) is 0 Å². The van der Waals surface area contributed by atoms with Gasteiger partial charge in [0.25, 0.3) is 0 Å². The molecule has 0 unspecified atom stereocenters. The third-order valence-electron chi connectivity index (χ3n) is 2.06. The zero-order chi connectivity index (χ0) is 12.1. The van der Waals surface area contributed by atoms with Gasteiger partial charge in [-0.05, 0) is 13.0 Å². The van der Waals surface area contributed by atoms with Crippen molar-refractivity contribution in [2.24, 2.45) is 0 Å². The summed E-state index contributed by atoms with van der Waals surface area (Å²) in [5.41, 5.74) is 1.13. The number of aromatic nitrogens is 5. The van der Waals surface area contributed by atoms with E-state index in [1.807, 2.05) is 13.0 Å². The van der Waals surface area contributed by atoms with E-state index in [0.717, 1.165) is 5.69 Å². The van der Waals surface area contributed by atoms with Crippen LogP contribution in [0.1, 0.15) is 11.4 Å². The molecule has 2 rings (SSSR count). The molecule has 2 aromatic rings. The predicted molar refractivity (Wildman–Crippen MR) is 60.0 cm³/mol. The smallest absolute Gasteiger partial charge is 0.224 e. The van der Waals surface area contributed by atoms with Crippen molar-refractivity contribution in [1.82, 2.24) is 25.0 Å². The highest BCUT2D eigenvalue weighted by Gasteiger charge is 2.01. The molecule has 0 fully saturated rings. The second-order valence-electron chi connectivity index (χ2n) is 3.42. The molecular formula is C10H11N7. The van der Waals surface area contributed by atoms with Gasteiger partial charge in [-0.3, -0.25) is 4.68 Å². The average molecular weight is 229 g/mol. The molecule has 0 bridgehead atoms. The first-order valence-corrected chi connectivity index (χ1v) is 5.11. The summed E-state index contributed by atoms with van der Waals surface area (Å²) in [6.45, 7) is 3.11. The summed E-state index contributed by atoms with van der Waals surface area (Å²) < 4.78 is 1.70. The number of hydrogen-bond acceptors (Lipinski definition) is 6. The zero-order valence-electron chi connectivity index (χ0n) is 9.33. The van der Waals surface area contributed by atoms with Crippen LogP contribution < -0.4 is 5.32 Å². The first-order chi connectivity index (χ1) is 8.28. The first kappa shape index (κ1) is 11.0. The van der Waals surface area contributed by atoms with Gasteiger partial charge in [0.05, 0.1) is 12.7 Å². The molecule has 7 nitrogen and oxygen atoms in total. The Kier molecular flexibility index (Phi) is 3.25. The van der Waals surface area contributed by atoms with Gasteiger partial charge in [0.15, 0.2) is 0 Å². The van der Waals surface area contributed by atoms with Gasteiger partial charge < -0.3 is 5.32 Å². The molecule has 0 aliphatic heterocycles. The van der Waals surface area contributed by atoms with Crippen molar-refractivity contribution in [3.8, 4) is 6.07 Å². The van der Waals surface area contributed by atoms with Gasteiger partial charge in [0.1, 0.15) is 11.8 Å². The van der Waals surface area contributed by atoms with Crippen molar-refractivity contribution in [2.45, 2.75) is 13.5 Å². The van der Waals surface area contributed by atoms with Crippen molar-refractivity contribution in [1.29, 1.82) is 5.26 Å². The maximum atomic E-state index is 8.77. The monoisotopic (exact) mass is 229 g/mol. The summed E-state index contributed by atoms with van der Waals surface area (Å²) in [5, 5.41) is 19.3. The van der Waals surface area contributed by atoms with Crippen molar-refractivity contribution in [3.05, 3.63) is 29.8 Å². The molecule has 7 heteroatoms. The number of nitrogens with one attached hydrogen (secondary N) is 1. The average Bonchev–Trinajstić information content (AvgIpc) is 2.81. The van der Waals surface area contributed by atoms with Crippen LogP contribution in [-0.2, 0) is 6.54 Å². The minimum Gasteiger partial charge on any atom is -0.352 e. The molecule has 0 saturated heterocycles. The maximum absolute atomic E-state index is 8.77. The standard InChI is InChI=1S/C10H11N7/c1-8-6-9(7-11)15-10(14-8)12-2-4-17-5-3-13-16-17/h3,5-6H,2,4H2,1H3,(H,12,14,15). The second-order valence-corrected chi connectivity index (χ2v) is 3.42. The maximum Gasteiger partial charge on any atom is 0.224 e. The Hall–Kier alpha value is -2.49. The number of aryl methyl sites for hydroxylation is 1. The predicted octanol–water partition coefficient (Wildman–Crippen LogP) is 0.360. The van der Waals surface area contributed by atoms with Crippen LogP contribution in [-0.4, -0.2) is 31.5 Å². The summed E-state index contributed by atoms with van der Waals surface area (Å²) >= 11 is 0. The topological polar surface area (TPSA) is 92.3 Å². The third kappa shape index (κ3) is 2.98. The molecule has 1 N–H and O–H groups in total. The SMILES string of the molecule is Cc1cc(C#N)nc(NCCn2ccnn2)n1. The van der Waals surface area contributed by atoms with Crippen LogP contribution in [0.3, 0.4) is 0 Å². The van der Waals surface area contributed by atoms with E-state index in [2.05, 4.69) is 25.6 Å². The molecule has 17 heavy (non-hydrogen) atoms. The minimum absolute atomic E-state index is 0.362. The molecule has 0 aliphatic rings. The first-order valence-electron chi connectivity index (χ1n) is 5.11. The van der Waals surface area contributed by atoms with Crippen LogP contribution in [0.15, 0.2) is 18.5 Å². The van der Waals surface area contributed by atoms with Gasteiger partial charge in [-0.1, -0.05) is 5.21 Å². The molecule has 2 aromatic heterocycles. The summed E-state index contributed by atoms with van der Waals surface area (Å²) in [4.78, 5) is 8.22.